The Morgan fingerprint density at radius 2 is 2.14 bits per heavy atom. The first-order chi connectivity index (χ1) is 6.74. The monoisotopic (exact) mass is 190 g/mol. The quantitative estimate of drug-likeness (QED) is 0.686. The SMILES string of the molecule is NCc1ccc(=O)n2cccc(O)c12. The number of aromatic hydroxyl groups is 1. The maximum absolute atomic E-state index is 11.4. The van der Waals surface area contributed by atoms with Gasteiger partial charge in [-0.25, -0.2) is 0 Å². The minimum absolute atomic E-state index is 0.0747. The summed E-state index contributed by atoms with van der Waals surface area (Å²) in [5, 5.41) is 9.59. The molecule has 0 aliphatic heterocycles. The van der Waals surface area contributed by atoms with Crippen LogP contribution in [-0.4, -0.2) is 9.51 Å². The van der Waals surface area contributed by atoms with E-state index in [1.54, 1.807) is 18.3 Å². The smallest absolute Gasteiger partial charge is 0.255 e. The number of nitrogens with two attached hydrogens (primary N) is 1. The lowest BCUT2D eigenvalue weighted by atomic mass is 10.2. The number of nitrogens with zero attached hydrogens (tertiary/aromatic N) is 1. The molecule has 4 nitrogen and oxygen atoms in total. The second kappa shape index (κ2) is 3.16. The predicted molar refractivity (Wildman–Crippen MR) is 53.2 cm³/mol. The standard InChI is InChI=1S/C10H10N2O2/c11-6-7-3-4-9(14)12-5-1-2-8(13)10(7)12/h1-5,13H,6,11H2. The van der Waals surface area contributed by atoms with E-state index in [2.05, 4.69) is 0 Å². The molecule has 0 bridgehead atoms. The molecular weight excluding hydrogens is 180 g/mol. The van der Waals surface area contributed by atoms with Crippen LogP contribution in [0, 0.1) is 0 Å². The van der Waals surface area contributed by atoms with Crippen molar-refractivity contribution in [2.45, 2.75) is 6.54 Å². The van der Waals surface area contributed by atoms with Crippen LogP contribution in [0.4, 0.5) is 0 Å². The van der Waals surface area contributed by atoms with Gasteiger partial charge in [0, 0.05) is 18.8 Å². The van der Waals surface area contributed by atoms with E-state index in [9.17, 15) is 9.90 Å². The van der Waals surface area contributed by atoms with E-state index in [0.717, 1.165) is 5.56 Å². The summed E-state index contributed by atoms with van der Waals surface area (Å²) in [7, 11) is 0. The van der Waals surface area contributed by atoms with Crippen molar-refractivity contribution in [1.29, 1.82) is 0 Å². The Balaban J connectivity index is 3.00. The van der Waals surface area contributed by atoms with Gasteiger partial charge in [0.15, 0.2) is 0 Å². The molecule has 0 fully saturated rings. The zero-order chi connectivity index (χ0) is 10.1. The van der Waals surface area contributed by atoms with E-state index in [1.165, 1.54) is 16.5 Å². The maximum atomic E-state index is 11.4. The Morgan fingerprint density at radius 1 is 1.36 bits per heavy atom. The van der Waals surface area contributed by atoms with Crippen LogP contribution in [0.5, 0.6) is 5.75 Å². The molecule has 3 N–H and O–H groups in total. The first kappa shape index (κ1) is 8.77. The van der Waals surface area contributed by atoms with Gasteiger partial charge in [0.2, 0.25) is 0 Å². The normalized spacial score (nSPS) is 10.6. The Labute approximate surface area is 80.2 Å². The molecule has 0 radical (unpaired) electrons. The van der Waals surface area contributed by atoms with Crippen LogP contribution in [0.2, 0.25) is 0 Å². The van der Waals surface area contributed by atoms with Gasteiger partial charge < -0.3 is 10.8 Å². The van der Waals surface area contributed by atoms with Crippen molar-refractivity contribution in [3.8, 4) is 5.75 Å². The van der Waals surface area contributed by atoms with E-state index in [0.29, 0.717) is 12.1 Å². The molecule has 0 aliphatic rings. The molecule has 0 unspecified atom stereocenters. The summed E-state index contributed by atoms with van der Waals surface area (Å²) in [5.41, 5.74) is 6.58. The second-order valence-electron chi connectivity index (χ2n) is 3.01. The summed E-state index contributed by atoms with van der Waals surface area (Å²) in [5.74, 6) is 0.0747. The molecule has 2 aromatic rings. The summed E-state index contributed by atoms with van der Waals surface area (Å²) in [6.45, 7) is 0.293. The number of fused-ring (bicyclic) bond motifs is 1. The summed E-state index contributed by atoms with van der Waals surface area (Å²) in [6.07, 6.45) is 1.61. The van der Waals surface area contributed by atoms with E-state index >= 15 is 0 Å². The third-order valence-electron chi connectivity index (χ3n) is 2.16. The summed E-state index contributed by atoms with van der Waals surface area (Å²) < 4.78 is 1.39. The summed E-state index contributed by atoms with van der Waals surface area (Å²) in [6, 6.07) is 6.23. The molecule has 0 spiro atoms. The lowest BCUT2D eigenvalue weighted by Gasteiger charge is -2.06. The first-order valence-electron chi connectivity index (χ1n) is 4.26. The molecule has 2 aromatic heterocycles. The molecule has 0 aromatic carbocycles. The Bertz CT molecular complexity index is 531. The fourth-order valence-electron chi connectivity index (χ4n) is 1.50. The van der Waals surface area contributed by atoms with E-state index in [4.69, 9.17) is 5.73 Å². The van der Waals surface area contributed by atoms with Gasteiger partial charge in [0.25, 0.3) is 5.56 Å². The molecular formula is C10H10N2O2. The van der Waals surface area contributed by atoms with Crippen LogP contribution in [0.3, 0.4) is 0 Å². The highest BCUT2D eigenvalue weighted by molar-refractivity contribution is 5.64. The third kappa shape index (κ3) is 1.16. The molecule has 0 saturated carbocycles. The van der Waals surface area contributed by atoms with Crippen LogP contribution < -0.4 is 11.3 Å². The van der Waals surface area contributed by atoms with Crippen LogP contribution in [-0.2, 0) is 6.54 Å². The van der Waals surface area contributed by atoms with Crippen LogP contribution in [0.1, 0.15) is 5.56 Å². The fourth-order valence-corrected chi connectivity index (χ4v) is 1.50. The first-order valence-corrected chi connectivity index (χ1v) is 4.26. The molecule has 4 heteroatoms. The summed E-state index contributed by atoms with van der Waals surface area (Å²) >= 11 is 0. The van der Waals surface area contributed by atoms with E-state index in [-0.39, 0.29) is 11.3 Å². The molecule has 72 valence electrons. The van der Waals surface area contributed by atoms with Gasteiger partial charge >= 0.3 is 0 Å². The van der Waals surface area contributed by atoms with Gasteiger partial charge in [-0.1, -0.05) is 6.07 Å². The lowest BCUT2D eigenvalue weighted by Crippen LogP contribution is -2.14. The topological polar surface area (TPSA) is 67.7 Å². The van der Waals surface area contributed by atoms with Crippen molar-refractivity contribution in [3.63, 3.8) is 0 Å². The maximum Gasteiger partial charge on any atom is 0.255 e. The second-order valence-corrected chi connectivity index (χ2v) is 3.01. The molecule has 14 heavy (non-hydrogen) atoms. The minimum atomic E-state index is -0.173. The number of hydrogen-bond donors (Lipinski definition) is 2. The highest BCUT2D eigenvalue weighted by Crippen LogP contribution is 2.19. The van der Waals surface area contributed by atoms with E-state index < -0.39 is 0 Å². The molecule has 0 amide bonds. The molecule has 0 atom stereocenters. The lowest BCUT2D eigenvalue weighted by molar-refractivity contribution is 0.478. The number of aromatic nitrogens is 1. The van der Waals surface area contributed by atoms with Crippen molar-refractivity contribution in [3.05, 3.63) is 46.4 Å². The van der Waals surface area contributed by atoms with Gasteiger partial charge in [-0.05, 0) is 17.7 Å². The fraction of sp³-hybridized carbons (Fsp3) is 0.100. The van der Waals surface area contributed by atoms with Crippen LogP contribution >= 0.6 is 0 Å². The minimum Gasteiger partial charge on any atom is -0.506 e. The largest absolute Gasteiger partial charge is 0.506 e. The summed E-state index contributed by atoms with van der Waals surface area (Å²) in [4.78, 5) is 11.4. The van der Waals surface area contributed by atoms with Crippen molar-refractivity contribution >= 4 is 5.52 Å². The highest BCUT2D eigenvalue weighted by Gasteiger charge is 2.05. The molecule has 0 aliphatic carbocycles. The number of pyridine rings is 2. The zero-order valence-electron chi connectivity index (χ0n) is 7.47. The number of hydrogen-bond acceptors (Lipinski definition) is 3. The van der Waals surface area contributed by atoms with Crippen LogP contribution in [0.15, 0.2) is 35.3 Å². The molecule has 0 saturated heterocycles. The van der Waals surface area contributed by atoms with Crippen molar-refractivity contribution in [2.24, 2.45) is 5.73 Å². The van der Waals surface area contributed by atoms with Gasteiger partial charge in [0.1, 0.15) is 5.75 Å². The molecule has 2 rings (SSSR count). The van der Waals surface area contributed by atoms with Crippen molar-refractivity contribution in [1.82, 2.24) is 4.40 Å². The number of rotatable bonds is 1. The van der Waals surface area contributed by atoms with Gasteiger partial charge in [0.05, 0.1) is 5.52 Å². The predicted octanol–water partition coefficient (Wildman–Crippen LogP) is 0.464. The Hall–Kier alpha value is -1.81. The van der Waals surface area contributed by atoms with Crippen molar-refractivity contribution < 1.29 is 5.11 Å². The Morgan fingerprint density at radius 3 is 2.86 bits per heavy atom. The average molecular weight is 190 g/mol. The highest BCUT2D eigenvalue weighted by atomic mass is 16.3. The van der Waals surface area contributed by atoms with Crippen LogP contribution in [0.25, 0.3) is 5.52 Å². The van der Waals surface area contributed by atoms with Gasteiger partial charge in [-0.15, -0.1) is 0 Å². The Kier molecular flexibility index (Phi) is 1.98. The van der Waals surface area contributed by atoms with Gasteiger partial charge in [-0.2, -0.15) is 0 Å². The average Bonchev–Trinajstić information content (AvgIpc) is 2.20. The van der Waals surface area contributed by atoms with Gasteiger partial charge in [-0.3, -0.25) is 9.20 Å². The van der Waals surface area contributed by atoms with E-state index in [1.807, 2.05) is 0 Å². The van der Waals surface area contributed by atoms with Crippen molar-refractivity contribution in [2.75, 3.05) is 0 Å². The molecule has 2 heterocycles. The third-order valence-corrected chi connectivity index (χ3v) is 2.16. The zero-order valence-corrected chi connectivity index (χ0v) is 7.47.